The first-order chi connectivity index (χ1) is 11.4. The van der Waals surface area contributed by atoms with Crippen molar-refractivity contribution in [2.24, 2.45) is 10.4 Å². The number of carbonyl (C=O) groups is 1. The number of carbonyl (C=O) groups excluding carboxylic acids is 1. The smallest absolute Gasteiger partial charge is 0.250 e. The third kappa shape index (κ3) is 1.91. The maximum Gasteiger partial charge on any atom is 0.250 e. The van der Waals surface area contributed by atoms with Crippen molar-refractivity contribution in [3.8, 4) is 0 Å². The van der Waals surface area contributed by atoms with Crippen LogP contribution in [0.4, 0.5) is 0 Å². The molecule has 0 N–H and O–H groups in total. The van der Waals surface area contributed by atoms with Crippen molar-refractivity contribution < 1.29 is 14.3 Å². The molecule has 5 heteroatoms. The fourth-order valence-corrected chi connectivity index (χ4v) is 4.46. The number of fused-ring (bicyclic) bond motifs is 1. The Morgan fingerprint density at radius 3 is 2.62 bits per heavy atom. The molecule has 24 heavy (non-hydrogen) atoms. The number of piperidine rings is 1. The van der Waals surface area contributed by atoms with Crippen molar-refractivity contribution in [2.75, 3.05) is 13.7 Å². The van der Waals surface area contributed by atoms with Gasteiger partial charge in [0.15, 0.2) is 5.54 Å². The molecule has 4 aliphatic rings. The Morgan fingerprint density at radius 2 is 2.00 bits per heavy atom. The van der Waals surface area contributed by atoms with Gasteiger partial charge in [-0.25, -0.2) is 4.99 Å². The topological polar surface area (TPSA) is 51.1 Å². The Kier molecular flexibility index (Phi) is 3.29. The van der Waals surface area contributed by atoms with E-state index >= 15 is 0 Å². The lowest BCUT2D eigenvalue weighted by atomic mass is 9.69. The van der Waals surface area contributed by atoms with Gasteiger partial charge in [0.2, 0.25) is 5.90 Å². The second kappa shape index (κ2) is 5.06. The second-order valence-corrected chi connectivity index (χ2v) is 8.02. The number of hydrogen-bond donors (Lipinski definition) is 0. The van der Waals surface area contributed by atoms with E-state index in [2.05, 4.69) is 37.9 Å². The molecular weight excluding hydrogens is 304 g/mol. The number of hydrogen-bond acceptors (Lipinski definition) is 4. The number of rotatable bonds is 1. The molecule has 2 bridgehead atoms. The number of nitrogens with zero attached hydrogens (tertiary/aromatic N) is 2. The zero-order valence-electron chi connectivity index (χ0n) is 14.7. The van der Waals surface area contributed by atoms with E-state index in [1.54, 1.807) is 7.11 Å². The fourth-order valence-electron chi connectivity index (χ4n) is 4.46. The molecule has 5 nitrogen and oxygen atoms in total. The summed E-state index contributed by atoms with van der Waals surface area (Å²) in [6, 6.07) is 9.97. The molecule has 4 atom stereocenters. The molecule has 128 valence electrons. The first kappa shape index (κ1) is 15.6. The molecule has 2 saturated heterocycles. The van der Waals surface area contributed by atoms with Gasteiger partial charge in [0, 0.05) is 11.3 Å². The number of aliphatic imine (C=N–C) groups is 1. The van der Waals surface area contributed by atoms with Gasteiger partial charge in [-0.05, 0) is 12.0 Å². The zero-order valence-corrected chi connectivity index (χ0v) is 14.7. The highest BCUT2D eigenvalue weighted by atomic mass is 16.5. The zero-order chi connectivity index (χ0) is 17.1. The average molecular weight is 328 g/mol. The van der Waals surface area contributed by atoms with E-state index in [4.69, 9.17) is 9.47 Å². The van der Waals surface area contributed by atoms with Crippen LogP contribution in [-0.4, -0.2) is 48.2 Å². The summed E-state index contributed by atoms with van der Waals surface area (Å²) in [4.78, 5) is 19.6. The Hall–Kier alpha value is -1.88. The van der Waals surface area contributed by atoms with Gasteiger partial charge in [0.25, 0.3) is 5.91 Å². The van der Waals surface area contributed by atoms with E-state index in [9.17, 15) is 4.79 Å². The highest BCUT2D eigenvalue weighted by Gasteiger charge is 2.67. The summed E-state index contributed by atoms with van der Waals surface area (Å²) in [5, 5.41) is 0. The molecule has 1 unspecified atom stereocenters. The van der Waals surface area contributed by atoms with Crippen LogP contribution >= 0.6 is 0 Å². The third-order valence-electron chi connectivity index (χ3n) is 5.46. The van der Waals surface area contributed by atoms with E-state index in [0.717, 1.165) is 0 Å². The van der Waals surface area contributed by atoms with Crippen LogP contribution in [0.25, 0.3) is 0 Å². The van der Waals surface area contributed by atoms with E-state index in [1.165, 1.54) is 5.56 Å². The molecule has 0 aromatic heterocycles. The molecule has 1 amide bonds. The molecular formula is C19H24N2O3. The number of ether oxygens (including phenoxy) is 2. The molecule has 4 heterocycles. The van der Waals surface area contributed by atoms with Crippen LogP contribution in [-0.2, 0) is 14.3 Å². The van der Waals surface area contributed by atoms with Crippen molar-refractivity contribution in [3.05, 3.63) is 35.9 Å². The normalized spacial score (nSPS) is 35.0. The van der Waals surface area contributed by atoms with Crippen molar-refractivity contribution in [3.63, 3.8) is 0 Å². The van der Waals surface area contributed by atoms with Crippen LogP contribution in [0.15, 0.2) is 35.3 Å². The van der Waals surface area contributed by atoms with Gasteiger partial charge < -0.3 is 9.47 Å². The standard InChI is InChI=1S/C19H24N2O3/c1-18(2,3)17-21-15(22)14-10-13(12-8-6-5-7-9-12)19(21,11-24-17)16(20-14)23-4/h5-9,13-14,17H,10-11H2,1-4H3/t13?,14-,17-,19-/m1/s1. The molecule has 0 aliphatic carbocycles. The van der Waals surface area contributed by atoms with Crippen molar-refractivity contribution in [2.45, 2.75) is 50.9 Å². The van der Waals surface area contributed by atoms with Gasteiger partial charge in [0.1, 0.15) is 12.3 Å². The predicted molar refractivity (Wildman–Crippen MR) is 90.8 cm³/mol. The minimum Gasteiger partial charge on any atom is -0.483 e. The summed E-state index contributed by atoms with van der Waals surface area (Å²) in [6.07, 6.45) is 0.451. The molecule has 0 radical (unpaired) electrons. The maximum atomic E-state index is 13.0. The lowest BCUT2D eigenvalue weighted by Crippen LogP contribution is -2.70. The SMILES string of the molecule is COC1=N[C@@H]2CC(c3ccccc3)[C@]13CO[C@H](C(C)(C)C)N3C2=O. The largest absolute Gasteiger partial charge is 0.483 e. The summed E-state index contributed by atoms with van der Waals surface area (Å²) < 4.78 is 11.9. The molecule has 1 aromatic carbocycles. The highest BCUT2D eigenvalue weighted by molar-refractivity contribution is 6.01. The molecule has 5 rings (SSSR count). The second-order valence-electron chi connectivity index (χ2n) is 8.02. The predicted octanol–water partition coefficient (Wildman–Crippen LogP) is 2.57. The number of benzene rings is 1. The number of amides is 1. The van der Waals surface area contributed by atoms with Crippen LogP contribution in [0.1, 0.15) is 38.7 Å². The van der Waals surface area contributed by atoms with Gasteiger partial charge in [0.05, 0.1) is 13.7 Å². The monoisotopic (exact) mass is 328 g/mol. The quantitative estimate of drug-likeness (QED) is 0.796. The fraction of sp³-hybridized carbons (Fsp3) is 0.579. The Bertz CT molecular complexity index is 694. The number of methoxy groups -OCH3 is 1. The van der Waals surface area contributed by atoms with E-state index < -0.39 is 5.54 Å². The molecule has 1 aromatic rings. The van der Waals surface area contributed by atoms with E-state index in [0.29, 0.717) is 18.9 Å². The lowest BCUT2D eigenvalue weighted by Gasteiger charge is -2.53. The van der Waals surface area contributed by atoms with Crippen LogP contribution in [0.5, 0.6) is 0 Å². The van der Waals surface area contributed by atoms with E-state index in [-0.39, 0.29) is 29.5 Å². The van der Waals surface area contributed by atoms with Gasteiger partial charge in [-0.1, -0.05) is 51.1 Å². The Labute approximate surface area is 142 Å². The molecule has 4 aliphatic heterocycles. The minimum absolute atomic E-state index is 0.0698. The van der Waals surface area contributed by atoms with Gasteiger partial charge >= 0.3 is 0 Å². The van der Waals surface area contributed by atoms with Gasteiger partial charge in [-0.2, -0.15) is 0 Å². The molecule has 2 fully saturated rings. The average Bonchev–Trinajstić information content (AvgIpc) is 2.98. The Balaban J connectivity index is 1.88. The summed E-state index contributed by atoms with van der Waals surface area (Å²) in [5.41, 5.74) is 0.416. The van der Waals surface area contributed by atoms with Crippen molar-refractivity contribution in [1.29, 1.82) is 0 Å². The van der Waals surface area contributed by atoms with Crippen molar-refractivity contribution >= 4 is 11.8 Å². The molecule has 0 saturated carbocycles. The van der Waals surface area contributed by atoms with E-state index in [1.807, 2.05) is 23.1 Å². The summed E-state index contributed by atoms with van der Waals surface area (Å²) in [6.45, 7) is 6.74. The van der Waals surface area contributed by atoms with Crippen LogP contribution in [0.2, 0.25) is 0 Å². The summed E-state index contributed by atoms with van der Waals surface area (Å²) in [5.74, 6) is 0.848. The first-order valence-electron chi connectivity index (χ1n) is 8.51. The third-order valence-corrected chi connectivity index (χ3v) is 5.46. The first-order valence-corrected chi connectivity index (χ1v) is 8.51. The van der Waals surface area contributed by atoms with Crippen molar-refractivity contribution in [1.82, 2.24) is 4.90 Å². The maximum absolute atomic E-state index is 13.0. The Morgan fingerprint density at radius 1 is 1.29 bits per heavy atom. The highest BCUT2D eigenvalue weighted by Crippen LogP contribution is 2.53. The minimum atomic E-state index is -0.625. The van der Waals surface area contributed by atoms with Crippen LogP contribution in [0.3, 0.4) is 0 Å². The molecule has 1 spiro atoms. The van der Waals surface area contributed by atoms with Crippen LogP contribution in [0, 0.1) is 5.41 Å². The lowest BCUT2D eigenvalue weighted by molar-refractivity contribution is -0.153. The summed E-state index contributed by atoms with van der Waals surface area (Å²) in [7, 11) is 1.64. The van der Waals surface area contributed by atoms with Crippen LogP contribution < -0.4 is 0 Å². The summed E-state index contributed by atoms with van der Waals surface area (Å²) >= 11 is 0. The van der Waals surface area contributed by atoms with Gasteiger partial charge in [-0.15, -0.1) is 0 Å². The van der Waals surface area contributed by atoms with Gasteiger partial charge in [-0.3, -0.25) is 9.69 Å².